The van der Waals surface area contributed by atoms with Crippen LogP contribution >= 0.6 is 0 Å². The second-order valence-corrected chi connectivity index (χ2v) is 7.87. The van der Waals surface area contributed by atoms with Gasteiger partial charge in [0.25, 0.3) is 5.91 Å². The first-order valence-electron chi connectivity index (χ1n) is 11.3. The molecule has 0 radical (unpaired) electrons. The van der Waals surface area contributed by atoms with Crippen molar-refractivity contribution in [3.63, 3.8) is 0 Å². The van der Waals surface area contributed by atoms with Gasteiger partial charge in [-0.25, -0.2) is 0 Å². The normalized spacial score (nSPS) is 16.0. The first kappa shape index (κ1) is 22.2. The number of nitrogens with one attached hydrogen (secondary N) is 1. The summed E-state index contributed by atoms with van der Waals surface area (Å²) in [5.41, 5.74) is 2.56. The highest BCUT2D eigenvalue weighted by atomic mass is 16.5. The van der Waals surface area contributed by atoms with Gasteiger partial charge in [0, 0.05) is 43.6 Å². The van der Waals surface area contributed by atoms with Crippen LogP contribution in [-0.2, 0) is 11.2 Å². The Kier molecular flexibility index (Phi) is 6.69. The molecule has 2 aromatic rings. The van der Waals surface area contributed by atoms with E-state index in [2.05, 4.69) is 10.2 Å². The molecular weight excluding hydrogens is 412 g/mol. The van der Waals surface area contributed by atoms with Gasteiger partial charge in [0.1, 0.15) is 17.3 Å². The van der Waals surface area contributed by atoms with Crippen molar-refractivity contribution >= 4 is 23.1 Å². The van der Waals surface area contributed by atoms with Gasteiger partial charge in [0.2, 0.25) is 0 Å². The summed E-state index contributed by atoms with van der Waals surface area (Å²) in [5.74, 6) is 1.62. The number of carbonyl (C=O) groups excluding carboxylic acids is 2. The molecule has 1 aliphatic carbocycles. The third kappa shape index (κ3) is 4.32. The lowest BCUT2D eigenvalue weighted by atomic mass is 9.94. The van der Waals surface area contributed by atoms with Crippen molar-refractivity contribution in [3.05, 3.63) is 34.8 Å². The van der Waals surface area contributed by atoms with Crippen molar-refractivity contribution < 1.29 is 28.2 Å². The number of amides is 1. The van der Waals surface area contributed by atoms with E-state index in [9.17, 15) is 9.59 Å². The molecule has 32 heavy (non-hydrogen) atoms. The average Bonchev–Trinajstić information content (AvgIpc) is 3.14. The number of anilines is 2. The maximum atomic E-state index is 13.1. The molecule has 8 heteroatoms. The van der Waals surface area contributed by atoms with Crippen LogP contribution in [0.25, 0.3) is 0 Å². The van der Waals surface area contributed by atoms with E-state index in [1.807, 2.05) is 19.9 Å². The summed E-state index contributed by atoms with van der Waals surface area (Å²) < 4.78 is 23.0. The molecule has 0 atom stereocenters. The molecule has 0 bridgehead atoms. The van der Waals surface area contributed by atoms with Crippen LogP contribution in [0.3, 0.4) is 0 Å². The second-order valence-electron chi connectivity index (χ2n) is 7.87. The Bertz CT molecular complexity index is 1010. The number of ether oxygens (including phenoxy) is 3. The minimum absolute atomic E-state index is 0.0371. The van der Waals surface area contributed by atoms with Crippen molar-refractivity contribution in [2.24, 2.45) is 0 Å². The molecule has 0 spiro atoms. The molecule has 1 aromatic heterocycles. The van der Waals surface area contributed by atoms with Gasteiger partial charge in [-0.15, -0.1) is 0 Å². The van der Waals surface area contributed by atoms with Crippen LogP contribution in [0, 0.1) is 6.92 Å². The Morgan fingerprint density at radius 3 is 2.50 bits per heavy atom. The van der Waals surface area contributed by atoms with Gasteiger partial charge in [0.15, 0.2) is 11.5 Å². The SMILES string of the molecule is CCOc1cc(N2CCOCC2)c(OCC)cc1NC(=O)c1oc2c(c1C)C(=O)CCC2. The standard InChI is InChI=1S/C24H30N2O6/c1-4-30-20-14-17(26-9-11-29-12-10-26)21(31-5-2)13-16(20)25-24(28)23-15(3)22-18(27)7-6-8-19(22)32-23/h13-14H,4-12H2,1-3H3,(H,25,28). The number of Topliss-reactive ketones (excluding diaryl/α,β-unsaturated/α-hetero) is 1. The van der Waals surface area contributed by atoms with E-state index >= 15 is 0 Å². The van der Waals surface area contributed by atoms with E-state index in [4.69, 9.17) is 18.6 Å². The van der Waals surface area contributed by atoms with Crippen LogP contribution in [0.4, 0.5) is 11.4 Å². The van der Waals surface area contributed by atoms with Gasteiger partial charge in [0.05, 0.1) is 43.4 Å². The van der Waals surface area contributed by atoms with Crippen molar-refractivity contribution in [1.29, 1.82) is 0 Å². The minimum atomic E-state index is -0.410. The maximum Gasteiger partial charge on any atom is 0.291 e. The molecule has 1 aliphatic heterocycles. The predicted octanol–water partition coefficient (Wildman–Crippen LogP) is 3.99. The summed E-state index contributed by atoms with van der Waals surface area (Å²) in [6.45, 7) is 9.32. The lowest BCUT2D eigenvalue weighted by Gasteiger charge is -2.31. The number of morpholine rings is 1. The van der Waals surface area contributed by atoms with Gasteiger partial charge >= 0.3 is 0 Å². The molecule has 1 fully saturated rings. The van der Waals surface area contributed by atoms with Crippen LogP contribution in [-0.4, -0.2) is 51.2 Å². The number of fused-ring (bicyclic) bond motifs is 1. The van der Waals surface area contributed by atoms with Crippen LogP contribution in [0.5, 0.6) is 11.5 Å². The Hall–Kier alpha value is -3.00. The van der Waals surface area contributed by atoms with Crippen LogP contribution in [0.1, 0.15) is 58.9 Å². The Morgan fingerprint density at radius 1 is 1.09 bits per heavy atom. The molecule has 8 nitrogen and oxygen atoms in total. The smallest absolute Gasteiger partial charge is 0.291 e. The van der Waals surface area contributed by atoms with E-state index in [0.717, 1.165) is 25.2 Å². The van der Waals surface area contributed by atoms with Crippen LogP contribution in [0.2, 0.25) is 0 Å². The number of nitrogens with zero attached hydrogens (tertiary/aromatic N) is 1. The van der Waals surface area contributed by atoms with Crippen LogP contribution in [0.15, 0.2) is 16.5 Å². The highest BCUT2D eigenvalue weighted by Crippen LogP contribution is 2.40. The van der Waals surface area contributed by atoms with Gasteiger partial charge in [-0.2, -0.15) is 0 Å². The Morgan fingerprint density at radius 2 is 1.81 bits per heavy atom. The molecule has 1 saturated heterocycles. The Balaban J connectivity index is 1.67. The Labute approximate surface area is 187 Å². The minimum Gasteiger partial charge on any atom is -0.492 e. The number of ketones is 1. The zero-order valence-corrected chi connectivity index (χ0v) is 18.9. The second kappa shape index (κ2) is 9.65. The summed E-state index contributed by atoms with van der Waals surface area (Å²) in [6.07, 6.45) is 1.90. The number of hydrogen-bond donors (Lipinski definition) is 1. The average molecular weight is 443 g/mol. The number of rotatable bonds is 7. The maximum absolute atomic E-state index is 13.1. The molecular formula is C24H30N2O6. The number of furan rings is 1. The summed E-state index contributed by atoms with van der Waals surface area (Å²) >= 11 is 0. The molecule has 172 valence electrons. The van der Waals surface area contributed by atoms with Gasteiger partial charge in [-0.05, 0) is 27.2 Å². The highest BCUT2D eigenvalue weighted by molar-refractivity contribution is 6.08. The third-order valence-corrected chi connectivity index (χ3v) is 5.77. The number of benzene rings is 1. The lowest BCUT2D eigenvalue weighted by Crippen LogP contribution is -2.36. The molecule has 2 aliphatic rings. The molecule has 1 aromatic carbocycles. The van der Waals surface area contributed by atoms with Crippen molar-refractivity contribution in [2.75, 3.05) is 49.7 Å². The highest BCUT2D eigenvalue weighted by Gasteiger charge is 2.29. The zero-order valence-electron chi connectivity index (χ0n) is 18.9. The van der Waals surface area contributed by atoms with E-state index in [1.165, 1.54) is 0 Å². The first-order chi connectivity index (χ1) is 15.5. The van der Waals surface area contributed by atoms with Crippen molar-refractivity contribution in [3.8, 4) is 11.5 Å². The van der Waals surface area contributed by atoms with Gasteiger partial charge < -0.3 is 28.8 Å². The third-order valence-electron chi connectivity index (χ3n) is 5.77. The topological polar surface area (TPSA) is 90.2 Å². The van der Waals surface area contributed by atoms with Crippen molar-refractivity contribution in [1.82, 2.24) is 0 Å². The van der Waals surface area contributed by atoms with Crippen molar-refractivity contribution in [2.45, 2.75) is 40.0 Å². The molecule has 2 heterocycles. The largest absolute Gasteiger partial charge is 0.492 e. The predicted molar refractivity (Wildman–Crippen MR) is 120 cm³/mol. The fourth-order valence-electron chi connectivity index (χ4n) is 4.29. The quantitative estimate of drug-likeness (QED) is 0.693. The fourth-order valence-corrected chi connectivity index (χ4v) is 4.29. The molecule has 1 amide bonds. The van der Waals surface area contributed by atoms with E-state index < -0.39 is 5.91 Å². The molecule has 0 saturated carbocycles. The summed E-state index contributed by atoms with van der Waals surface area (Å²) in [4.78, 5) is 27.6. The molecule has 1 N–H and O–H groups in total. The summed E-state index contributed by atoms with van der Waals surface area (Å²) in [7, 11) is 0. The van der Waals surface area contributed by atoms with E-state index in [1.54, 1.807) is 13.0 Å². The number of aryl methyl sites for hydroxylation is 1. The van der Waals surface area contributed by atoms with E-state index in [-0.39, 0.29) is 11.5 Å². The molecule has 4 rings (SSSR count). The number of hydrogen-bond acceptors (Lipinski definition) is 7. The first-order valence-corrected chi connectivity index (χ1v) is 11.3. The number of carbonyl (C=O) groups is 2. The lowest BCUT2D eigenvalue weighted by molar-refractivity contribution is 0.0963. The van der Waals surface area contributed by atoms with E-state index in [0.29, 0.717) is 73.3 Å². The van der Waals surface area contributed by atoms with Crippen LogP contribution < -0.4 is 19.7 Å². The van der Waals surface area contributed by atoms with Gasteiger partial charge in [-0.1, -0.05) is 0 Å². The monoisotopic (exact) mass is 442 g/mol. The van der Waals surface area contributed by atoms with Gasteiger partial charge in [-0.3, -0.25) is 9.59 Å². The zero-order chi connectivity index (χ0) is 22.7. The fraction of sp³-hybridized carbons (Fsp3) is 0.500. The molecule has 0 unspecified atom stereocenters. The summed E-state index contributed by atoms with van der Waals surface area (Å²) in [5, 5.41) is 2.91. The summed E-state index contributed by atoms with van der Waals surface area (Å²) in [6, 6.07) is 3.69.